The van der Waals surface area contributed by atoms with E-state index in [0.29, 0.717) is 11.0 Å². The van der Waals surface area contributed by atoms with Crippen LogP contribution in [0.1, 0.15) is 19.4 Å². The SMILES string of the molecule is CC(C)N(CC(F)(F)F)c1ccc(CBr)c(Br)c1. The zero-order valence-corrected chi connectivity index (χ0v) is 13.2. The van der Waals surface area contributed by atoms with Gasteiger partial charge in [0.1, 0.15) is 6.54 Å². The Bertz CT molecular complexity index is 405. The van der Waals surface area contributed by atoms with Gasteiger partial charge in [0.15, 0.2) is 0 Å². The van der Waals surface area contributed by atoms with Crippen LogP contribution in [0.4, 0.5) is 18.9 Å². The third-order valence-electron chi connectivity index (χ3n) is 2.49. The molecule has 1 rings (SSSR count). The van der Waals surface area contributed by atoms with Crippen molar-refractivity contribution in [3.63, 3.8) is 0 Å². The maximum Gasteiger partial charge on any atom is 0.405 e. The highest BCUT2D eigenvalue weighted by molar-refractivity contribution is 9.10. The highest BCUT2D eigenvalue weighted by Gasteiger charge is 2.32. The van der Waals surface area contributed by atoms with Gasteiger partial charge in [-0.25, -0.2) is 0 Å². The number of alkyl halides is 4. The Hall–Kier alpha value is -0.230. The van der Waals surface area contributed by atoms with Crippen LogP contribution in [0.25, 0.3) is 0 Å². The fourth-order valence-corrected chi connectivity index (χ4v) is 2.96. The first-order chi connectivity index (χ1) is 8.24. The Morgan fingerprint density at radius 2 is 1.89 bits per heavy atom. The summed E-state index contributed by atoms with van der Waals surface area (Å²) in [5.74, 6) is 0. The van der Waals surface area contributed by atoms with E-state index in [9.17, 15) is 13.2 Å². The van der Waals surface area contributed by atoms with Gasteiger partial charge in [-0.2, -0.15) is 13.2 Å². The first kappa shape index (κ1) is 15.8. The highest BCUT2D eigenvalue weighted by Crippen LogP contribution is 2.29. The molecule has 1 aromatic carbocycles. The second-order valence-corrected chi connectivity index (χ2v) is 5.66. The average molecular weight is 389 g/mol. The van der Waals surface area contributed by atoms with E-state index in [2.05, 4.69) is 31.9 Å². The third kappa shape index (κ3) is 4.46. The number of benzene rings is 1. The smallest absolute Gasteiger partial charge is 0.360 e. The molecule has 0 radical (unpaired) electrons. The maximum absolute atomic E-state index is 12.5. The molecular weight excluding hydrogens is 375 g/mol. The van der Waals surface area contributed by atoms with Gasteiger partial charge < -0.3 is 4.90 Å². The molecule has 0 aromatic heterocycles. The largest absolute Gasteiger partial charge is 0.405 e. The molecule has 0 bridgehead atoms. The molecule has 0 amide bonds. The molecule has 18 heavy (non-hydrogen) atoms. The summed E-state index contributed by atoms with van der Waals surface area (Å²) in [6.45, 7) is 2.56. The van der Waals surface area contributed by atoms with E-state index in [1.54, 1.807) is 26.0 Å². The van der Waals surface area contributed by atoms with E-state index in [0.717, 1.165) is 10.0 Å². The molecule has 102 valence electrons. The van der Waals surface area contributed by atoms with E-state index in [4.69, 9.17) is 0 Å². The highest BCUT2D eigenvalue weighted by atomic mass is 79.9. The Morgan fingerprint density at radius 3 is 2.28 bits per heavy atom. The predicted molar refractivity (Wildman–Crippen MR) is 75.3 cm³/mol. The van der Waals surface area contributed by atoms with Crippen molar-refractivity contribution in [1.29, 1.82) is 0 Å². The Labute approximate surface area is 122 Å². The number of nitrogens with zero attached hydrogens (tertiary/aromatic N) is 1. The van der Waals surface area contributed by atoms with Crippen molar-refractivity contribution in [2.75, 3.05) is 11.4 Å². The molecule has 1 nitrogen and oxygen atoms in total. The molecule has 0 aliphatic heterocycles. The third-order valence-corrected chi connectivity index (χ3v) is 3.83. The second-order valence-electron chi connectivity index (χ2n) is 4.25. The summed E-state index contributed by atoms with van der Waals surface area (Å²) in [5.41, 5.74) is 1.58. The quantitative estimate of drug-likeness (QED) is 0.647. The summed E-state index contributed by atoms with van der Waals surface area (Å²) in [6, 6.07) is 5.04. The summed E-state index contributed by atoms with van der Waals surface area (Å²) in [4.78, 5) is 1.34. The first-order valence-corrected chi connectivity index (χ1v) is 7.34. The number of halogens is 5. The van der Waals surface area contributed by atoms with Crippen molar-refractivity contribution in [2.45, 2.75) is 31.4 Å². The molecule has 1 aromatic rings. The molecule has 0 aliphatic rings. The molecule has 0 fully saturated rings. The number of hydrogen-bond donors (Lipinski definition) is 0. The molecule has 0 unspecified atom stereocenters. The van der Waals surface area contributed by atoms with Gasteiger partial charge in [0, 0.05) is 21.5 Å². The van der Waals surface area contributed by atoms with E-state index < -0.39 is 12.7 Å². The van der Waals surface area contributed by atoms with Crippen LogP contribution in [0.2, 0.25) is 0 Å². The summed E-state index contributed by atoms with van der Waals surface area (Å²) in [6.07, 6.45) is -4.20. The van der Waals surface area contributed by atoms with Crippen molar-refractivity contribution in [3.8, 4) is 0 Å². The average Bonchev–Trinajstić information content (AvgIpc) is 2.24. The van der Waals surface area contributed by atoms with Gasteiger partial charge in [0.05, 0.1) is 0 Å². The van der Waals surface area contributed by atoms with Gasteiger partial charge in [-0.15, -0.1) is 0 Å². The number of rotatable bonds is 4. The van der Waals surface area contributed by atoms with Crippen molar-refractivity contribution in [1.82, 2.24) is 0 Å². The van der Waals surface area contributed by atoms with Gasteiger partial charge in [0.2, 0.25) is 0 Å². The molecule has 0 heterocycles. The van der Waals surface area contributed by atoms with Gasteiger partial charge in [-0.1, -0.05) is 37.9 Å². The summed E-state index contributed by atoms with van der Waals surface area (Å²) >= 11 is 6.69. The minimum Gasteiger partial charge on any atom is -0.360 e. The molecule has 0 saturated carbocycles. The maximum atomic E-state index is 12.5. The molecular formula is C12H14Br2F3N. The lowest BCUT2D eigenvalue weighted by atomic mass is 10.2. The van der Waals surface area contributed by atoms with Crippen molar-refractivity contribution >= 4 is 37.5 Å². The van der Waals surface area contributed by atoms with Crippen LogP contribution in [0, 0.1) is 0 Å². The van der Waals surface area contributed by atoms with Gasteiger partial charge in [0.25, 0.3) is 0 Å². The number of hydrogen-bond acceptors (Lipinski definition) is 1. The van der Waals surface area contributed by atoms with Crippen molar-refractivity contribution in [3.05, 3.63) is 28.2 Å². The van der Waals surface area contributed by atoms with Crippen LogP contribution in [-0.4, -0.2) is 18.8 Å². The monoisotopic (exact) mass is 387 g/mol. The van der Waals surface area contributed by atoms with E-state index in [1.807, 2.05) is 6.07 Å². The van der Waals surface area contributed by atoms with Gasteiger partial charge >= 0.3 is 6.18 Å². The standard InChI is InChI=1S/C12H14Br2F3N/c1-8(2)18(7-12(15,16)17)10-4-3-9(6-13)11(14)5-10/h3-5,8H,6-7H2,1-2H3. The fourth-order valence-electron chi connectivity index (χ4n) is 1.59. The topological polar surface area (TPSA) is 3.24 Å². The van der Waals surface area contributed by atoms with Crippen molar-refractivity contribution < 1.29 is 13.2 Å². The van der Waals surface area contributed by atoms with Crippen molar-refractivity contribution in [2.24, 2.45) is 0 Å². The van der Waals surface area contributed by atoms with Crippen LogP contribution >= 0.6 is 31.9 Å². The van der Waals surface area contributed by atoms with Crippen LogP contribution < -0.4 is 4.90 Å². The zero-order valence-electron chi connectivity index (χ0n) is 10.1. The first-order valence-electron chi connectivity index (χ1n) is 5.42. The van der Waals surface area contributed by atoms with E-state index >= 15 is 0 Å². The number of anilines is 1. The van der Waals surface area contributed by atoms with Crippen LogP contribution in [0.3, 0.4) is 0 Å². The van der Waals surface area contributed by atoms with E-state index in [1.165, 1.54) is 4.90 Å². The molecule has 0 N–H and O–H groups in total. The lowest BCUT2D eigenvalue weighted by Crippen LogP contribution is -2.39. The minimum absolute atomic E-state index is 0.214. The minimum atomic E-state index is -4.20. The molecule has 0 atom stereocenters. The van der Waals surface area contributed by atoms with E-state index in [-0.39, 0.29) is 6.04 Å². The fraction of sp³-hybridized carbons (Fsp3) is 0.500. The van der Waals surface area contributed by atoms with Gasteiger partial charge in [-0.05, 0) is 31.5 Å². The molecule has 0 saturated heterocycles. The molecule has 6 heteroatoms. The molecule has 0 aliphatic carbocycles. The van der Waals surface area contributed by atoms with Gasteiger partial charge in [-0.3, -0.25) is 0 Å². The van der Waals surface area contributed by atoms with Crippen LogP contribution in [0.5, 0.6) is 0 Å². The van der Waals surface area contributed by atoms with Crippen LogP contribution in [-0.2, 0) is 5.33 Å². The Balaban J connectivity index is 3.03. The summed E-state index contributed by atoms with van der Waals surface area (Å²) in [7, 11) is 0. The molecule has 0 spiro atoms. The predicted octanol–water partition coefficient (Wildman–Crippen LogP) is 5.12. The normalized spacial score (nSPS) is 12.0. The Kier molecular flexibility index (Phi) is 5.52. The zero-order chi connectivity index (χ0) is 13.9. The summed E-state index contributed by atoms with van der Waals surface area (Å²) in [5, 5.41) is 0.662. The van der Waals surface area contributed by atoms with Crippen LogP contribution in [0.15, 0.2) is 22.7 Å². The lowest BCUT2D eigenvalue weighted by molar-refractivity contribution is -0.120. The lowest BCUT2D eigenvalue weighted by Gasteiger charge is -2.30. The Morgan fingerprint density at radius 1 is 1.28 bits per heavy atom. The summed E-state index contributed by atoms with van der Waals surface area (Å²) < 4.78 is 38.4. The second kappa shape index (κ2) is 6.28.